The van der Waals surface area contributed by atoms with Crippen LogP contribution in [-0.4, -0.2) is 16.7 Å². The van der Waals surface area contributed by atoms with Crippen molar-refractivity contribution < 1.29 is 10.0 Å². The fraction of sp³-hybridized carbons (Fsp3) is 0.0667. The normalized spacial score (nSPS) is 11.3. The highest BCUT2D eigenvalue weighted by molar-refractivity contribution is 6.45. The van der Waals surface area contributed by atoms with Gasteiger partial charge in [0.25, 0.3) is 0 Å². The molecular weight excluding hydrogens is 226 g/mol. The molecule has 0 saturated heterocycles. The maximum Gasteiger partial charge on any atom is 0.210 e. The minimum Gasteiger partial charge on any atom is -0.411 e. The zero-order valence-corrected chi connectivity index (χ0v) is 10.00. The summed E-state index contributed by atoms with van der Waals surface area (Å²) in [6.45, 7) is 1.48. The maximum atomic E-state index is 11.7. The molecule has 0 aliphatic heterocycles. The number of hydrogen-bond acceptors (Lipinski definition) is 3. The van der Waals surface area contributed by atoms with Crippen LogP contribution in [0.3, 0.4) is 0 Å². The number of Topliss-reactive ketones (excluding diaryl/α,β-unsaturated/α-hetero) is 1. The van der Waals surface area contributed by atoms with Crippen LogP contribution in [0.1, 0.15) is 17.3 Å². The minimum atomic E-state index is -0.267. The SMILES string of the molecule is CC(=NO)C(=O)c1ccc(-c2ccccc2)cc1. The first-order valence-electron chi connectivity index (χ1n) is 5.61. The number of hydrogen-bond donors (Lipinski definition) is 1. The van der Waals surface area contributed by atoms with Gasteiger partial charge in [-0.15, -0.1) is 0 Å². The molecule has 2 aromatic carbocycles. The molecule has 0 spiro atoms. The summed E-state index contributed by atoms with van der Waals surface area (Å²) in [7, 11) is 0. The Morgan fingerprint density at radius 2 is 1.50 bits per heavy atom. The Bertz CT molecular complexity index is 571. The molecule has 2 rings (SSSR count). The van der Waals surface area contributed by atoms with E-state index in [4.69, 9.17) is 5.21 Å². The Morgan fingerprint density at radius 3 is 2.06 bits per heavy atom. The fourth-order valence-corrected chi connectivity index (χ4v) is 1.70. The predicted molar refractivity (Wildman–Crippen MR) is 71.1 cm³/mol. The lowest BCUT2D eigenvalue weighted by Crippen LogP contribution is -2.10. The summed E-state index contributed by atoms with van der Waals surface area (Å²) in [5.41, 5.74) is 2.75. The third-order valence-electron chi connectivity index (χ3n) is 2.73. The number of oxime groups is 1. The largest absolute Gasteiger partial charge is 0.411 e. The van der Waals surface area contributed by atoms with Crippen molar-refractivity contribution in [1.29, 1.82) is 0 Å². The van der Waals surface area contributed by atoms with Gasteiger partial charge in [0.1, 0.15) is 5.71 Å². The second kappa shape index (κ2) is 5.27. The van der Waals surface area contributed by atoms with Gasteiger partial charge < -0.3 is 5.21 Å². The van der Waals surface area contributed by atoms with Crippen LogP contribution >= 0.6 is 0 Å². The summed E-state index contributed by atoms with van der Waals surface area (Å²) in [6.07, 6.45) is 0. The molecule has 3 nitrogen and oxygen atoms in total. The molecule has 0 fully saturated rings. The van der Waals surface area contributed by atoms with Crippen molar-refractivity contribution in [2.45, 2.75) is 6.92 Å². The van der Waals surface area contributed by atoms with Gasteiger partial charge >= 0.3 is 0 Å². The second-order valence-electron chi connectivity index (χ2n) is 3.96. The lowest BCUT2D eigenvalue weighted by atomic mass is 10.0. The van der Waals surface area contributed by atoms with Crippen molar-refractivity contribution in [3.8, 4) is 11.1 Å². The van der Waals surface area contributed by atoms with Crippen molar-refractivity contribution in [3.63, 3.8) is 0 Å². The number of carbonyl (C=O) groups is 1. The Labute approximate surface area is 105 Å². The van der Waals surface area contributed by atoms with Gasteiger partial charge in [0.15, 0.2) is 0 Å². The second-order valence-corrected chi connectivity index (χ2v) is 3.96. The molecule has 0 aliphatic carbocycles. The molecule has 0 aliphatic rings. The predicted octanol–water partition coefficient (Wildman–Crippen LogP) is 3.39. The molecule has 1 N–H and O–H groups in total. The smallest absolute Gasteiger partial charge is 0.210 e. The highest BCUT2D eigenvalue weighted by atomic mass is 16.4. The van der Waals surface area contributed by atoms with E-state index >= 15 is 0 Å². The molecule has 0 aromatic heterocycles. The van der Waals surface area contributed by atoms with E-state index in [1.54, 1.807) is 12.1 Å². The summed E-state index contributed by atoms with van der Waals surface area (Å²) in [5, 5.41) is 11.5. The van der Waals surface area contributed by atoms with Crippen LogP contribution in [0.4, 0.5) is 0 Å². The van der Waals surface area contributed by atoms with Crippen molar-refractivity contribution in [2.75, 3.05) is 0 Å². The molecule has 3 heteroatoms. The molecule has 0 atom stereocenters. The molecule has 18 heavy (non-hydrogen) atoms. The van der Waals surface area contributed by atoms with Crippen LogP contribution in [0, 0.1) is 0 Å². The highest BCUT2D eigenvalue weighted by Gasteiger charge is 2.09. The number of ketones is 1. The Hall–Kier alpha value is -2.42. The van der Waals surface area contributed by atoms with Crippen molar-refractivity contribution in [3.05, 3.63) is 60.2 Å². The van der Waals surface area contributed by atoms with Gasteiger partial charge in [-0.25, -0.2) is 0 Å². The van der Waals surface area contributed by atoms with Gasteiger partial charge in [-0.05, 0) is 18.1 Å². The molecule has 0 radical (unpaired) electrons. The van der Waals surface area contributed by atoms with Gasteiger partial charge in [-0.2, -0.15) is 0 Å². The highest BCUT2D eigenvalue weighted by Crippen LogP contribution is 2.19. The van der Waals surface area contributed by atoms with E-state index in [0.29, 0.717) is 5.56 Å². The van der Waals surface area contributed by atoms with Gasteiger partial charge in [0.05, 0.1) is 0 Å². The molecule has 90 valence electrons. The zero-order valence-electron chi connectivity index (χ0n) is 10.00. The fourth-order valence-electron chi connectivity index (χ4n) is 1.70. The molecule has 0 bridgehead atoms. The molecule has 0 amide bonds. The molecule has 2 aromatic rings. The third kappa shape index (κ3) is 2.46. The summed E-state index contributed by atoms with van der Waals surface area (Å²) in [6, 6.07) is 17.2. The quantitative estimate of drug-likeness (QED) is 0.386. The van der Waals surface area contributed by atoms with Crippen LogP contribution in [-0.2, 0) is 0 Å². The number of rotatable bonds is 3. The van der Waals surface area contributed by atoms with Gasteiger partial charge in [0, 0.05) is 5.56 Å². The first-order valence-corrected chi connectivity index (χ1v) is 5.61. The molecule has 0 saturated carbocycles. The van der Waals surface area contributed by atoms with Crippen LogP contribution in [0.15, 0.2) is 59.8 Å². The Morgan fingerprint density at radius 1 is 0.944 bits per heavy atom. The van der Waals surface area contributed by atoms with Gasteiger partial charge in [-0.3, -0.25) is 4.79 Å². The Balaban J connectivity index is 2.29. The third-order valence-corrected chi connectivity index (χ3v) is 2.73. The summed E-state index contributed by atoms with van der Waals surface area (Å²) >= 11 is 0. The standard InChI is InChI=1S/C15H13NO2/c1-11(16-18)15(17)14-9-7-13(8-10-14)12-5-3-2-4-6-12/h2-10,18H,1H3. The van der Waals surface area contributed by atoms with E-state index in [2.05, 4.69) is 5.16 Å². The van der Waals surface area contributed by atoms with E-state index in [1.807, 2.05) is 42.5 Å². The maximum absolute atomic E-state index is 11.7. The van der Waals surface area contributed by atoms with Crippen LogP contribution in [0.5, 0.6) is 0 Å². The molecular formula is C15H13NO2. The van der Waals surface area contributed by atoms with Gasteiger partial charge in [0.2, 0.25) is 5.78 Å². The van der Waals surface area contributed by atoms with E-state index in [1.165, 1.54) is 6.92 Å². The average Bonchev–Trinajstić information content (AvgIpc) is 2.47. The zero-order chi connectivity index (χ0) is 13.0. The first-order chi connectivity index (χ1) is 8.72. The topological polar surface area (TPSA) is 49.7 Å². The summed E-state index contributed by atoms with van der Waals surface area (Å²) in [4.78, 5) is 11.7. The van der Waals surface area contributed by atoms with Crippen molar-refractivity contribution in [2.24, 2.45) is 5.16 Å². The first kappa shape index (κ1) is 12.0. The van der Waals surface area contributed by atoms with Crippen molar-refractivity contribution in [1.82, 2.24) is 0 Å². The van der Waals surface area contributed by atoms with E-state index in [0.717, 1.165) is 11.1 Å². The average molecular weight is 239 g/mol. The van der Waals surface area contributed by atoms with Crippen LogP contribution < -0.4 is 0 Å². The van der Waals surface area contributed by atoms with Crippen LogP contribution in [0.25, 0.3) is 11.1 Å². The Kier molecular flexibility index (Phi) is 3.53. The number of nitrogens with zero attached hydrogens (tertiary/aromatic N) is 1. The van der Waals surface area contributed by atoms with Crippen molar-refractivity contribution >= 4 is 11.5 Å². The number of benzene rings is 2. The van der Waals surface area contributed by atoms with E-state index in [9.17, 15) is 4.79 Å². The molecule has 0 unspecified atom stereocenters. The van der Waals surface area contributed by atoms with E-state index < -0.39 is 0 Å². The summed E-state index contributed by atoms with van der Waals surface area (Å²) < 4.78 is 0. The van der Waals surface area contributed by atoms with E-state index in [-0.39, 0.29) is 11.5 Å². The lowest BCUT2D eigenvalue weighted by molar-refractivity contribution is 0.106. The number of carbonyl (C=O) groups excluding carboxylic acids is 1. The van der Waals surface area contributed by atoms with Crippen LogP contribution in [0.2, 0.25) is 0 Å². The van der Waals surface area contributed by atoms with Gasteiger partial charge in [-0.1, -0.05) is 59.8 Å². The molecule has 0 heterocycles. The monoisotopic (exact) mass is 239 g/mol. The minimum absolute atomic E-state index is 0.0856. The summed E-state index contributed by atoms with van der Waals surface area (Å²) in [5.74, 6) is -0.267. The lowest BCUT2D eigenvalue weighted by Gasteiger charge is -2.03.